The summed E-state index contributed by atoms with van der Waals surface area (Å²) in [5, 5.41) is 3.01. The Kier molecular flexibility index (Phi) is 7.31. The van der Waals surface area contributed by atoms with Crippen LogP contribution in [0.5, 0.6) is 5.75 Å². The maximum Gasteiger partial charge on any atom is 0.243 e. The fourth-order valence-corrected chi connectivity index (χ4v) is 6.34. The normalized spacial score (nSPS) is 20.6. The zero-order valence-electron chi connectivity index (χ0n) is 18.7. The highest BCUT2D eigenvalue weighted by Gasteiger charge is 2.39. The van der Waals surface area contributed by atoms with Crippen LogP contribution in [0.1, 0.15) is 37.3 Å². The molecular weight excluding hydrogens is 445 g/mol. The third kappa shape index (κ3) is 5.20. The summed E-state index contributed by atoms with van der Waals surface area (Å²) in [6, 6.07) is 11.8. The molecule has 0 bridgehead atoms. The minimum atomic E-state index is -3.88. The molecule has 2 atom stereocenters. The Hall–Kier alpha value is -2.49. The summed E-state index contributed by atoms with van der Waals surface area (Å²) in [6.45, 7) is 2.58. The number of halogens is 1. The van der Waals surface area contributed by atoms with Gasteiger partial charge >= 0.3 is 0 Å². The largest absolute Gasteiger partial charge is 0.497 e. The molecular formula is C24H30FN3O4S. The average Bonchev–Trinajstić information content (AvgIpc) is 3.53. The zero-order chi connectivity index (χ0) is 23.4. The van der Waals surface area contributed by atoms with E-state index >= 15 is 0 Å². The number of nitrogens with one attached hydrogen (secondary N) is 1. The van der Waals surface area contributed by atoms with Gasteiger partial charge in [-0.1, -0.05) is 12.1 Å². The van der Waals surface area contributed by atoms with Gasteiger partial charge in [0.05, 0.1) is 18.0 Å². The Morgan fingerprint density at radius 2 is 1.73 bits per heavy atom. The third-order valence-electron chi connectivity index (χ3n) is 6.48. The van der Waals surface area contributed by atoms with Crippen LogP contribution in [0.2, 0.25) is 0 Å². The van der Waals surface area contributed by atoms with Crippen molar-refractivity contribution in [2.45, 2.75) is 42.7 Å². The van der Waals surface area contributed by atoms with E-state index in [-0.39, 0.29) is 23.4 Å². The van der Waals surface area contributed by atoms with E-state index in [0.29, 0.717) is 19.4 Å². The van der Waals surface area contributed by atoms with Gasteiger partial charge in [-0.25, -0.2) is 12.8 Å². The van der Waals surface area contributed by atoms with Gasteiger partial charge in [-0.2, -0.15) is 4.31 Å². The second-order valence-corrected chi connectivity index (χ2v) is 10.4. The summed E-state index contributed by atoms with van der Waals surface area (Å²) < 4.78 is 46.0. The molecule has 2 saturated heterocycles. The van der Waals surface area contributed by atoms with Gasteiger partial charge in [-0.05, 0) is 80.7 Å². The fraction of sp³-hybridized carbons (Fsp3) is 0.458. The standard InChI is InChI=1S/C24H30FN3O4S/c1-32-20-10-6-18(7-11-20)23(27-14-2-3-15-27)17-26-24(29)22-5-4-16-28(22)33(30,31)21-12-8-19(25)9-13-21/h6-13,22-23H,2-5,14-17H2,1H3,(H,26,29)/t22-,23-/m1/s1. The second-order valence-electron chi connectivity index (χ2n) is 8.50. The molecule has 2 aromatic rings. The number of amides is 1. The van der Waals surface area contributed by atoms with Gasteiger partial charge in [-0.15, -0.1) is 0 Å². The van der Waals surface area contributed by atoms with Crippen LogP contribution in [-0.4, -0.2) is 62.9 Å². The maximum atomic E-state index is 13.3. The number of rotatable bonds is 8. The number of likely N-dealkylation sites (tertiary alicyclic amines) is 1. The van der Waals surface area contributed by atoms with Crippen LogP contribution >= 0.6 is 0 Å². The second kappa shape index (κ2) is 10.2. The molecule has 178 valence electrons. The number of methoxy groups -OCH3 is 1. The Morgan fingerprint density at radius 1 is 1.06 bits per heavy atom. The molecule has 1 amide bonds. The molecule has 7 nitrogen and oxygen atoms in total. The highest BCUT2D eigenvalue weighted by atomic mass is 32.2. The molecule has 0 aromatic heterocycles. The van der Waals surface area contributed by atoms with E-state index in [1.165, 1.54) is 16.4 Å². The highest BCUT2D eigenvalue weighted by molar-refractivity contribution is 7.89. The number of carbonyl (C=O) groups excluding carboxylic acids is 1. The first-order chi connectivity index (χ1) is 15.9. The van der Waals surface area contributed by atoms with Gasteiger partial charge in [0.25, 0.3) is 0 Å². The Balaban J connectivity index is 1.47. The summed E-state index contributed by atoms with van der Waals surface area (Å²) in [4.78, 5) is 15.5. The van der Waals surface area contributed by atoms with Crippen molar-refractivity contribution in [3.8, 4) is 5.75 Å². The van der Waals surface area contributed by atoms with Crippen LogP contribution in [-0.2, 0) is 14.8 Å². The molecule has 9 heteroatoms. The van der Waals surface area contributed by atoms with Crippen molar-refractivity contribution in [2.24, 2.45) is 0 Å². The number of sulfonamides is 1. The smallest absolute Gasteiger partial charge is 0.243 e. The monoisotopic (exact) mass is 475 g/mol. The van der Waals surface area contributed by atoms with Crippen LogP contribution in [0.25, 0.3) is 0 Å². The molecule has 2 aliphatic heterocycles. The van der Waals surface area contributed by atoms with Crippen molar-refractivity contribution in [3.05, 3.63) is 59.9 Å². The van der Waals surface area contributed by atoms with Crippen molar-refractivity contribution >= 4 is 15.9 Å². The topological polar surface area (TPSA) is 79.0 Å². The Labute approximate surface area is 194 Å². The summed E-state index contributed by atoms with van der Waals surface area (Å²) in [5.41, 5.74) is 1.08. The van der Waals surface area contributed by atoms with Crippen LogP contribution < -0.4 is 10.1 Å². The lowest BCUT2D eigenvalue weighted by Crippen LogP contribution is -2.47. The van der Waals surface area contributed by atoms with Crippen LogP contribution in [0.3, 0.4) is 0 Å². The van der Waals surface area contributed by atoms with Gasteiger partial charge in [0.15, 0.2) is 0 Å². The number of ether oxygens (including phenoxy) is 1. The molecule has 2 fully saturated rings. The number of nitrogens with zero attached hydrogens (tertiary/aromatic N) is 2. The minimum Gasteiger partial charge on any atom is -0.497 e. The molecule has 33 heavy (non-hydrogen) atoms. The van der Waals surface area contributed by atoms with Crippen LogP contribution in [0, 0.1) is 5.82 Å². The van der Waals surface area contributed by atoms with Crippen molar-refractivity contribution in [2.75, 3.05) is 33.3 Å². The van der Waals surface area contributed by atoms with Crippen molar-refractivity contribution < 1.29 is 22.3 Å². The predicted octanol–water partition coefficient (Wildman–Crippen LogP) is 2.94. The van der Waals surface area contributed by atoms with Crippen molar-refractivity contribution in [3.63, 3.8) is 0 Å². The molecule has 2 aromatic carbocycles. The molecule has 0 spiro atoms. The lowest BCUT2D eigenvalue weighted by atomic mass is 10.0. The van der Waals surface area contributed by atoms with E-state index < -0.39 is 21.9 Å². The molecule has 2 heterocycles. The predicted molar refractivity (Wildman–Crippen MR) is 123 cm³/mol. The first-order valence-electron chi connectivity index (χ1n) is 11.3. The number of hydrogen-bond donors (Lipinski definition) is 1. The zero-order valence-corrected chi connectivity index (χ0v) is 19.6. The lowest BCUT2D eigenvalue weighted by molar-refractivity contribution is -0.124. The number of benzene rings is 2. The Morgan fingerprint density at radius 3 is 2.36 bits per heavy atom. The molecule has 4 rings (SSSR count). The lowest BCUT2D eigenvalue weighted by Gasteiger charge is -2.30. The third-order valence-corrected chi connectivity index (χ3v) is 8.40. The van der Waals surface area contributed by atoms with Crippen LogP contribution in [0.15, 0.2) is 53.4 Å². The van der Waals surface area contributed by atoms with Gasteiger partial charge < -0.3 is 10.1 Å². The van der Waals surface area contributed by atoms with Gasteiger partial charge in [0.1, 0.15) is 17.6 Å². The number of carbonyl (C=O) groups is 1. The first kappa shape index (κ1) is 23.7. The minimum absolute atomic E-state index is 0.00299. The van der Waals surface area contributed by atoms with E-state index in [1.54, 1.807) is 7.11 Å². The summed E-state index contributed by atoms with van der Waals surface area (Å²) in [6.07, 6.45) is 3.30. The van der Waals surface area contributed by atoms with E-state index in [0.717, 1.165) is 49.4 Å². The summed E-state index contributed by atoms with van der Waals surface area (Å²) in [5.74, 6) is -0.0254. The molecule has 2 aliphatic rings. The summed E-state index contributed by atoms with van der Waals surface area (Å²) >= 11 is 0. The fourth-order valence-electron chi connectivity index (χ4n) is 4.68. The van der Waals surface area contributed by atoms with Gasteiger partial charge in [-0.3, -0.25) is 9.69 Å². The number of hydrogen-bond acceptors (Lipinski definition) is 5. The Bertz CT molecular complexity index is 1050. The van der Waals surface area contributed by atoms with Gasteiger partial charge in [0, 0.05) is 13.1 Å². The van der Waals surface area contributed by atoms with E-state index in [4.69, 9.17) is 4.74 Å². The van der Waals surface area contributed by atoms with Gasteiger partial charge in [0.2, 0.25) is 15.9 Å². The van der Waals surface area contributed by atoms with Crippen molar-refractivity contribution in [1.29, 1.82) is 0 Å². The van der Waals surface area contributed by atoms with E-state index in [2.05, 4.69) is 10.2 Å². The van der Waals surface area contributed by atoms with E-state index in [9.17, 15) is 17.6 Å². The van der Waals surface area contributed by atoms with E-state index in [1.807, 2.05) is 24.3 Å². The average molecular weight is 476 g/mol. The molecule has 0 saturated carbocycles. The van der Waals surface area contributed by atoms with Crippen molar-refractivity contribution in [1.82, 2.24) is 14.5 Å². The quantitative estimate of drug-likeness (QED) is 0.635. The molecule has 0 unspecified atom stereocenters. The first-order valence-corrected chi connectivity index (χ1v) is 12.8. The molecule has 0 radical (unpaired) electrons. The SMILES string of the molecule is COc1ccc([C@@H](CNC(=O)[C@H]2CCCN2S(=O)(=O)c2ccc(F)cc2)N2CCCC2)cc1. The maximum absolute atomic E-state index is 13.3. The molecule has 1 N–H and O–H groups in total. The van der Waals surface area contributed by atoms with Crippen LogP contribution in [0.4, 0.5) is 4.39 Å². The summed E-state index contributed by atoms with van der Waals surface area (Å²) in [7, 11) is -2.26. The highest BCUT2D eigenvalue weighted by Crippen LogP contribution is 2.28. The molecule has 0 aliphatic carbocycles.